The van der Waals surface area contributed by atoms with E-state index in [0.29, 0.717) is 11.5 Å². The summed E-state index contributed by atoms with van der Waals surface area (Å²) in [5.41, 5.74) is 1.07. The van der Waals surface area contributed by atoms with Crippen molar-refractivity contribution in [3.8, 4) is 17.2 Å². The van der Waals surface area contributed by atoms with Crippen LogP contribution in [0.15, 0.2) is 12.1 Å². The van der Waals surface area contributed by atoms with Gasteiger partial charge in [-0.25, -0.2) is 0 Å². The van der Waals surface area contributed by atoms with Crippen LogP contribution in [0.3, 0.4) is 0 Å². The van der Waals surface area contributed by atoms with Crippen molar-refractivity contribution < 1.29 is 44.1 Å². The summed E-state index contributed by atoms with van der Waals surface area (Å²) in [4.78, 5) is 0. The van der Waals surface area contributed by atoms with E-state index >= 15 is 0 Å². The Labute approximate surface area is 113 Å². The maximum Gasteiger partial charge on any atom is 1.00 e. The van der Waals surface area contributed by atoms with Crippen LogP contribution in [-0.4, -0.2) is 14.2 Å². The first-order valence-electron chi connectivity index (χ1n) is 4.64. The monoisotopic (exact) mass is 218 g/mol. The van der Waals surface area contributed by atoms with Crippen molar-refractivity contribution in [3.63, 3.8) is 0 Å². The molecule has 78 valence electrons. The minimum absolute atomic E-state index is 0. The Kier molecular flexibility index (Phi) is 6.81. The van der Waals surface area contributed by atoms with Gasteiger partial charge in [-0.3, -0.25) is 0 Å². The van der Waals surface area contributed by atoms with Gasteiger partial charge in [-0.1, -0.05) is 13.3 Å². The maximum absolute atomic E-state index is 11.5. The van der Waals surface area contributed by atoms with Crippen LogP contribution < -0.4 is 44.1 Å². The van der Waals surface area contributed by atoms with Crippen molar-refractivity contribution >= 4 is 0 Å². The van der Waals surface area contributed by atoms with Crippen LogP contribution >= 0.6 is 0 Å². The molecule has 0 bridgehead atoms. The summed E-state index contributed by atoms with van der Waals surface area (Å²) in [5, 5.41) is 11.5. The van der Waals surface area contributed by atoms with Crippen LogP contribution in [0.2, 0.25) is 0 Å². The van der Waals surface area contributed by atoms with Crippen molar-refractivity contribution in [1.29, 1.82) is 0 Å². The quantitative estimate of drug-likeness (QED) is 0.592. The fourth-order valence-corrected chi connectivity index (χ4v) is 1.37. The Morgan fingerprint density at radius 3 is 1.93 bits per heavy atom. The number of aryl methyl sites for hydroxylation is 1. The molecule has 0 aliphatic carbocycles. The molecule has 0 radical (unpaired) electrons. The van der Waals surface area contributed by atoms with E-state index in [1.54, 1.807) is 12.1 Å². The molecule has 0 aliphatic rings. The smallest absolute Gasteiger partial charge is 0.867 e. The molecule has 0 unspecified atom stereocenters. The summed E-state index contributed by atoms with van der Waals surface area (Å²) < 4.78 is 9.96. The Morgan fingerprint density at radius 1 is 1.13 bits per heavy atom. The van der Waals surface area contributed by atoms with Gasteiger partial charge in [0.15, 0.2) is 0 Å². The molecule has 0 heterocycles. The molecular weight excluding hydrogens is 203 g/mol. The second-order valence-corrected chi connectivity index (χ2v) is 3.08. The van der Waals surface area contributed by atoms with E-state index in [1.165, 1.54) is 14.2 Å². The van der Waals surface area contributed by atoms with Crippen molar-refractivity contribution in [3.05, 3.63) is 17.7 Å². The van der Waals surface area contributed by atoms with Crippen LogP contribution in [0.4, 0.5) is 0 Å². The Bertz CT molecular complexity index is 288. The van der Waals surface area contributed by atoms with Gasteiger partial charge < -0.3 is 14.6 Å². The average molecular weight is 218 g/mol. The number of benzene rings is 1. The topological polar surface area (TPSA) is 41.5 Å². The summed E-state index contributed by atoms with van der Waals surface area (Å²) in [6.07, 6.45) is 1.96. The van der Waals surface area contributed by atoms with E-state index in [0.717, 1.165) is 18.4 Å². The van der Waals surface area contributed by atoms with Gasteiger partial charge in [0, 0.05) is 0 Å². The van der Waals surface area contributed by atoms with E-state index in [1.807, 2.05) is 0 Å². The first-order valence-corrected chi connectivity index (χ1v) is 4.64. The molecule has 15 heavy (non-hydrogen) atoms. The third kappa shape index (κ3) is 3.59. The average Bonchev–Trinajstić information content (AvgIpc) is 2.20. The van der Waals surface area contributed by atoms with E-state index in [4.69, 9.17) is 9.47 Å². The molecule has 1 aromatic carbocycles. The molecule has 0 aliphatic heterocycles. The summed E-state index contributed by atoms with van der Waals surface area (Å²) in [6.45, 7) is 2.09. The summed E-state index contributed by atoms with van der Waals surface area (Å²) in [6, 6.07) is 3.54. The van der Waals surface area contributed by atoms with Gasteiger partial charge in [-0.2, -0.15) is 0 Å². The largest absolute Gasteiger partial charge is 1.00 e. The van der Waals surface area contributed by atoms with Gasteiger partial charge >= 0.3 is 29.6 Å². The zero-order valence-electron chi connectivity index (χ0n) is 9.79. The molecule has 0 fully saturated rings. The summed E-state index contributed by atoms with van der Waals surface area (Å²) >= 11 is 0. The summed E-state index contributed by atoms with van der Waals surface area (Å²) in [7, 11) is 2.98. The Morgan fingerprint density at radius 2 is 1.60 bits per heavy atom. The molecule has 0 aromatic heterocycles. The Hall–Kier alpha value is -0.380. The van der Waals surface area contributed by atoms with E-state index in [2.05, 4.69) is 6.92 Å². The number of ether oxygens (including phenoxy) is 2. The van der Waals surface area contributed by atoms with Crippen LogP contribution in [-0.2, 0) is 6.42 Å². The number of rotatable bonds is 4. The summed E-state index contributed by atoms with van der Waals surface area (Å²) in [5.74, 6) is 0.524. The minimum atomic E-state index is -0.185. The van der Waals surface area contributed by atoms with E-state index in [9.17, 15) is 5.11 Å². The molecule has 0 atom stereocenters. The number of hydrogen-bond donors (Lipinski definition) is 0. The number of hydrogen-bond acceptors (Lipinski definition) is 3. The van der Waals surface area contributed by atoms with E-state index < -0.39 is 0 Å². The van der Waals surface area contributed by atoms with Crippen LogP contribution in [0.5, 0.6) is 17.2 Å². The molecule has 1 aromatic rings. The fraction of sp³-hybridized carbons (Fsp3) is 0.455. The van der Waals surface area contributed by atoms with Crippen LogP contribution in [0.25, 0.3) is 0 Å². The molecule has 0 N–H and O–H groups in total. The van der Waals surface area contributed by atoms with Crippen LogP contribution in [0.1, 0.15) is 18.9 Å². The van der Waals surface area contributed by atoms with Gasteiger partial charge in [0.25, 0.3) is 0 Å². The van der Waals surface area contributed by atoms with Crippen molar-refractivity contribution in [1.82, 2.24) is 0 Å². The molecule has 4 heteroatoms. The van der Waals surface area contributed by atoms with Gasteiger partial charge in [0.2, 0.25) is 0 Å². The van der Waals surface area contributed by atoms with E-state index in [-0.39, 0.29) is 35.3 Å². The Balaban J connectivity index is 0.00000196. The van der Waals surface area contributed by atoms with Gasteiger partial charge in [0.1, 0.15) is 11.5 Å². The SMILES string of the molecule is CCCc1cc(OC)c([O-])c(OC)c1.[Na+]. The zero-order chi connectivity index (χ0) is 10.6. The molecule has 0 spiro atoms. The van der Waals surface area contributed by atoms with Crippen molar-refractivity contribution in [2.24, 2.45) is 0 Å². The van der Waals surface area contributed by atoms with Crippen molar-refractivity contribution in [2.75, 3.05) is 14.2 Å². The standard InChI is InChI=1S/C11H16O3.Na/c1-4-5-8-6-9(13-2)11(12)10(7-8)14-3;/h6-7,12H,4-5H2,1-3H3;/q;+1/p-1. The van der Waals surface area contributed by atoms with Crippen molar-refractivity contribution in [2.45, 2.75) is 19.8 Å². The number of methoxy groups -OCH3 is 2. The third-order valence-electron chi connectivity index (χ3n) is 2.06. The molecule has 0 amide bonds. The third-order valence-corrected chi connectivity index (χ3v) is 2.06. The molecule has 0 saturated heterocycles. The van der Waals surface area contributed by atoms with Gasteiger partial charge in [-0.15, -0.1) is 0 Å². The molecule has 0 saturated carbocycles. The fourth-order valence-electron chi connectivity index (χ4n) is 1.37. The van der Waals surface area contributed by atoms with Gasteiger partial charge in [0.05, 0.1) is 14.2 Å². The first kappa shape index (κ1) is 14.6. The van der Waals surface area contributed by atoms with Crippen LogP contribution in [0, 0.1) is 0 Å². The zero-order valence-corrected chi connectivity index (χ0v) is 11.8. The predicted octanol–water partition coefficient (Wildman–Crippen LogP) is -1.27. The molecular formula is C11H15NaO3. The normalized spacial score (nSPS) is 9.27. The minimum Gasteiger partial charge on any atom is -0.867 e. The first-order chi connectivity index (χ1) is 6.72. The second kappa shape index (κ2) is 6.99. The maximum atomic E-state index is 11.5. The molecule has 3 nitrogen and oxygen atoms in total. The molecule has 1 rings (SSSR count). The van der Waals surface area contributed by atoms with Gasteiger partial charge in [-0.05, 0) is 29.9 Å². The predicted molar refractivity (Wildman–Crippen MR) is 53.0 cm³/mol. The second-order valence-electron chi connectivity index (χ2n) is 3.08.